The molecule has 5 nitrogen and oxygen atoms in total. The zero-order valence-electron chi connectivity index (χ0n) is 16.1. The van der Waals surface area contributed by atoms with E-state index >= 15 is 0 Å². The highest BCUT2D eigenvalue weighted by molar-refractivity contribution is 6.30. The van der Waals surface area contributed by atoms with Crippen LogP contribution in [-0.4, -0.2) is 29.2 Å². The van der Waals surface area contributed by atoms with Crippen LogP contribution in [0.4, 0.5) is 5.82 Å². The lowest BCUT2D eigenvalue weighted by Gasteiger charge is -2.32. The highest BCUT2D eigenvalue weighted by atomic mass is 35.5. The van der Waals surface area contributed by atoms with Crippen LogP contribution in [0.1, 0.15) is 18.4 Å². The number of rotatable bonds is 5. The summed E-state index contributed by atoms with van der Waals surface area (Å²) in [6.45, 7) is 2.06. The van der Waals surface area contributed by atoms with Gasteiger partial charge in [0.2, 0.25) is 5.91 Å². The number of carbonyl (C=O) groups is 1. The van der Waals surface area contributed by atoms with E-state index in [-0.39, 0.29) is 11.8 Å². The average Bonchev–Trinajstić information content (AvgIpc) is 2.79. The first kappa shape index (κ1) is 19.4. The largest absolute Gasteiger partial charge is 0.354 e. The Bertz CT molecular complexity index is 945. The summed E-state index contributed by atoms with van der Waals surface area (Å²) in [6, 6.07) is 21.5. The van der Waals surface area contributed by atoms with Gasteiger partial charge in [0.1, 0.15) is 0 Å². The Morgan fingerprint density at radius 1 is 1.03 bits per heavy atom. The van der Waals surface area contributed by atoms with Gasteiger partial charge in [-0.05, 0) is 42.7 Å². The molecule has 1 aromatic heterocycles. The summed E-state index contributed by atoms with van der Waals surface area (Å²) in [5.74, 6) is 0.852. The summed E-state index contributed by atoms with van der Waals surface area (Å²) in [6.07, 6.45) is 1.85. The molecule has 1 amide bonds. The molecule has 0 saturated carbocycles. The Hall–Kier alpha value is -2.92. The molecule has 1 aliphatic heterocycles. The molecule has 0 aliphatic carbocycles. The molecular weight excluding hydrogens is 384 g/mol. The third kappa shape index (κ3) is 4.93. The zero-order valence-corrected chi connectivity index (χ0v) is 16.8. The van der Waals surface area contributed by atoms with Gasteiger partial charge in [-0.1, -0.05) is 54.1 Å². The van der Waals surface area contributed by atoms with E-state index in [0.29, 0.717) is 18.1 Å². The maximum atomic E-state index is 12.7. The van der Waals surface area contributed by atoms with Crippen molar-refractivity contribution in [3.05, 3.63) is 77.3 Å². The molecule has 0 spiro atoms. The number of benzene rings is 2. The van der Waals surface area contributed by atoms with Gasteiger partial charge in [0, 0.05) is 30.2 Å². The number of aromatic nitrogens is 2. The summed E-state index contributed by atoms with van der Waals surface area (Å²) in [5, 5.41) is 12.5. The number of carbonyl (C=O) groups excluding carboxylic acids is 1. The Labute approximate surface area is 175 Å². The molecule has 2 aromatic carbocycles. The van der Waals surface area contributed by atoms with Crippen molar-refractivity contribution in [3.63, 3.8) is 0 Å². The summed E-state index contributed by atoms with van der Waals surface area (Å²) < 4.78 is 0. The standard InChI is InChI=1S/C23H23ClN4O/c24-20-10-8-17(9-11-20)15-25-23(29)19-7-4-14-28(16-19)22-13-12-21(26-27-22)18-5-2-1-3-6-18/h1-3,5-6,8-13,19H,4,7,14-16H2,(H,25,29)/t19-/m0/s1. The van der Waals surface area contributed by atoms with E-state index in [2.05, 4.69) is 20.4 Å². The fourth-order valence-electron chi connectivity index (χ4n) is 3.59. The van der Waals surface area contributed by atoms with Gasteiger partial charge in [-0.2, -0.15) is 0 Å². The van der Waals surface area contributed by atoms with Gasteiger partial charge < -0.3 is 10.2 Å². The molecule has 2 heterocycles. The van der Waals surface area contributed by atoms with Gasteiger partial charge in [-0.25, -0.2) is 0 Å². The van der Waals surface area contributed by atoms with E-state index in [0.717, 1.165) is 42.0 Å². The second kappa shape index (κ2) is 9.05. The minimum Gasteiger partial charge on any atom is -0.354 e. The van der Waals surface area contributed by atoms with E-state index < -0.39 is 0 Å². The lowest BCUT2D eigenvalue weighted by Crippen LogP contribution is -2.43. The molecule has 0 radical (unpaired) electrons. The van der Waals surface area contributed by atoms with Crippen molar-refractivity contribution in [2.45, 2.75) is 19.4 Å². The van der Waals surface area contributed by atoms with E-state index in [1.54, 1.807) is 0 Å². The molecule has 148 valence electrons. The molecule has 1 fully saturated rings. The molecule has 1 saturated heterocycles. The number of nitrogens with one attached hydrogen (secondary N) is 1. The molecule has 1 N–H and O–H groups in total. The molecule has 1 atom stereocenters. The quantitative estimate of drug-likeness (QED) is 0.685. The fourth-order valence-corrected chi connectivity index (χ4v) is 3.72. The number of amides is 1. The van der Waals surface area contributed by atoms with Gasteiger partial charge in [0.15, 0.2) is 5.82 Å². The van der Waals surface area contributed by atoms with Gasteiger partial charge in [0.25, 0.3) is 0 Å². The van der Waals surface area contributed by atoms with Crippen molar-refractivity contribution in [2.75, 3.05) is 18.0 Å². The highest BCUT2D eigenvalue weighted by Gasteiger charge is 2.26. The number of halogens is 1. The van der Waals surface area contributed by atoms with Crippen molar-refractivity contribution in [1.82, 2.24) is 15.5 Å². The Morgan fingerprint density at radius 2 is 1.83 bits per heavy atom. The number of hydrogen-bond donors (Lipinski definition) is 1. The molecular formula is C23H23ClN4O. The predicted molar refractivity (Wildman–Crippen MR) is 116 cm³/mol. The highest BCUT2D eigenvalue weighted by Crippen LogP contribution is 2.23. The summed E-state index contributed by atoms with van der Waals surface area (Å²) >= 11 is 5.91. The Kier molecular flexibility index (Phi) is 6.06. The maximum Gasteiger partial charge on any atom is 0.225 e. The summed E-state index contributed by atoms with van der Waals surface area (Å²) in [4.78, 5) is 14.8. The van der Waals surface area contributed by atoms with Crippen LogP contribution < -0.4 is 10.2 Å². The van der Waals surface area contributed by atoms with Crippen LogP contribution in [0.15, 0.2) is 66.7 Å². The number of anilines is 1. The van der Waals surface area contributed by atoms with Gasteiger partial charge >= 0.3 is 0 Å². The van der Waals surface area contributed by atoms with E-state index in [9.17, 15) is 4.79 Å². The van der Waals surface area contributed by atoms with Crippen molar-refractivity contribution >= 4 is 23.3 Å². The van der Waals surface area contributed by atoms with Gasteiger partial charge in [-0.15, -0.1) is 10.2 Å². The summed E-state index contributed by atoms with van der Waals surface area (Å²) in [7, 11) is 0. The first-order chi connectivity index (χ1) is 14.2. The van der Waals surface area contributed by atoms with Crippen LogP contribution in [-0.2, 0) is 11.3 Å². The first-order valence-electron chi connectivity index (χ1n) is 9.85. The lowest BCUT2D eigenvalue weighted by atomic mass is 9.97. The predicted octanol–water partition coefficient (Wildman–Crippen LogP) is 4.33. The van der Waals surface area contributed by atoms with Crippen LogP contribution in [0.5, 0.6) is 0 Å². The molecule has 4 rings (SSSR count). The van der Waals surface area contributed by atoms with E-state index in [1.807, 2.05) is 66.7 Å². The van der Waals surface area contributed by atoms with Crippen molar-refractivity contribution in [1.29, 1.82) is 0 Å². The second-order valence-electron chi connectivity index (χ2n) is 7.27. The van der Waals surface area contributed by atoms with Crippen LogP contribution >= 0.6 is 11.6 Å². The van der Waals surface area contributed by atoms with Crippen molar-refractivity contribution < 1.29 is 4.79 Å². The molecule has 0 unspecified atom stereocenters. The zero-order chi connectivity index (χ0) is 20.1. The summed E-state index contributed by atoms with van der Waals surface area (Å²) in [5.41, 5.74) is 2.94. The molecule has 29 heavy (non-hydrogen) atoms. The van der Waals surface area contributed by atoms with Gasteiger partial charge in [0.05, 0.1) is 11.6 Å². The van der Waals surface area contributed by atoms with Crippen LogP contribution in [0, 0.1) is 5.92 Å². The Morgan fingerprint density at radius 3 is 2.55 bits per heavy atom. The number of nitrogens with zero attached hydrogens (tertiary/aromatic N) is 3. The van der Waals surface area contributed by atoms with Crippen LogP contribution in [0.25, 0.3) is 11.3 Å². The SMILES string of the molecule is O=C(NCc1ccc(Cl)cc1)[C@H]1CCCN(c2ccc(-c3ccccc3)nn2)C1. The fraction of sp³-hybridized carbons (Fsp3) is 0.261. The Balaban J connectivity index is 1.36. The van der Waals surface area contributed by atoms with E-state index in [4.69, 9.17) is 11.6 Å². The van der Waals surface area contributed by atoms with Crippen LogP contribution in [0.2, 0.25) is 5.02 Å². The smallest absolute Gasteiger partial charge is 0.225 e. The molecule has 6 heteroatoms. The molecule has 0 bridgehead atoms. The minimum atomic E-state index is -0.0494. The van der Waals surface area contributed by atoms with Crippen molar-refractivity contribution in [3.8, 4) is 11.3 Å². The number of piperidine rings is 1. The van der Waals surface area contributed by atoms with Crippen molar-refractivity contribution in [2.24, 2.45) is 5.92 Å². The number of hydrogen-bond acceptors (Lipinski definition) is 4. The molecule has 3 aromatic rings. The topological polar surface area (TPSA) is 58.1 Å². The lowest BCUT2D eigenvalue weighted by molar-refractivity contribution is -0.125. The average molecular weight is 407 g/mol. The maximum absolute atomic E-state index is 12.7. The van der Waals surface area contributed by atoms with Gasteiger partial charge in [-0.3, -0.25) is 4.79 Å². The van der Waals surface area contributed by atoms with Crippen LogP contribution in [0.3, 0.4) is 0 Å². The van der Waals surface area contributed by atoms with E-state index in [1.165, 1.54) is 0 Å². The normalized spacial score (nSPS) is 16.4. The third-order valence-corrected chi connectivity index (χ3v) is 5.47. The first-order valence-corrected chi connectivity index (χ1v) is 10.2. The minimum absolute atomic E-state index is 0.0494. The third-order valence-electron chi connectivity index (χ3n) is 5.22. The monoisotopic (exact) mass is 406 g/mol. The molecule has 1 aliphatic rings. The second-order valence-corrected chi connectivity index (χ2v) is 7.71.